The van der Waals surface area contributed by atoms with Gasteiger partial charge in [0.1, 0.15) is 36.8 Å². The summed E-state index contributed by atoms with van der Waals surface area (Å²) in [6, 6.07) is 16.1. The molecule has 2 aromatic carbocycles. The number of para-hydroxylation sites is 2. The maximum atomic E-state index is 13.2. The number of ether oxygens (including phenoxy) is 3. The minimum atomic E-state index is -0.0896. The number of carbonyl (C=O) groups excluding carboxylic acids is 1. The molecule has 2 N–H and O–H groups in total. The van der Waals surface area contributed by atoms with Crippen LogP contribution in [0.2, 0.25) is 0 Å². The first-order valence-electron chi connectivity index (χ1n) is 10.1. The maximum Gasteiger partial charge on any atom is 0.151 e. The Bertz CT molecular complexity index is 771. The summed E-state index contributed by atoms with van der Waals surface area (Å²) in [4.78, 5) is 13.2. The Hall–Kier alpha value is -2.37. The standard InChI is InChI=1S/C23H27NO4/c1-15-21-17-7-3-5-9-19(17)27-13-11-26-12-14-28-20-10-6-4-8-18(20)22(24-21)16(2)23(15)25/h3-10,15-16,21-22,24H,11-14H2,1-2H3/p+1/t15-,16+,21-,22+. The second-order valence-electron chi connectivity index (χ2n) is 7.61. The van der Waals surface area contributed by atoms with Gasteiger partial charge in [0.05, 0.1) is 36.2 Å². The number of benzene rings is 2. The number of ketones is 1. The zero-order valence-electron chi connectivity index (χ0n) is 16.5. The molecule has 28 heavy (non-hydrogen) atoms. The average Bonchev–Trinajstić information content (AvgIpc) is 2.72. The zero-order chi connectivity index (χ0) is 19.5. The van der Waals surface area contributed by atoms with Crippen LogP contribution >= 0.6 is 0 Å². The van der Waals surface area contributed by atoms with E-state index in [1.54, 1.807) is 0 Å². The summed E-state index contributed by atoms with van der Waals surface area (Å²) in [5.74, 6) is 1.78. The van der Waals surface area contributed by atoms with E-state index < -0.39 is 0 Å². The third kappa shape index (κ3) is 3.64. The minimum absolute atomic E-state index is 0.00168. The van der Waals surface area contributed by atoms with Crippen LogP contribution < -0.4 is 14.8 Å². The van der Waals surface area contributed by atoms with Crippen molar-refractivity contribution in [3.63, 3.8) is 0 Å². The van der Waals surface area contributed by atoms with E-state index in [0.717, 1.165) is 22.6 Å². The molecule has 2 heterocycles. The molecule has 0 radical (unpaired) electrons. The monoisotopic (exact) mass is 382 g/mol. The molecule has 0 unspecified atom stereocenters. The van der Waals surface area contributed by atoms with Crippen LogP contribution in [0.3, 0.4) is 0 Å². The molecule has 2 aromatic rings. The predicted octanol–water partition coefficient (Wildman–Crippen LogP) is 2.68. The summed E-state index contributed by atoms with van der Waals surface area (Å²) in [5.41, 5.74) is 2.13. The third-order valence-corrected chi connectivity index (χ3v) is 5.92. The summed E-state index contributed by atoms with van der Waals surface area (Å²) in [6.45, 7) is 6.01. The molecule has 148 valence electrons. The van der Waals surface area contributed by atoms with Crippen molar-refractivity contribution >= 4 is 5.78 Å². The first kappa shape index (κ1) is 19.0. The average molecular weight is 382 g/mol. The molecule has 0 amide bonds. The van der Waals surface area contributed by atoms with E-state index in [0.29, 0.717) is 26.4 Å². The number of Topliss-reactive ketones (excluding diaryl/α,β-unsaturated/α-hetero) is 1. The van der Waals surface area contributed by atoms with Gasteiger partial charge in [-0.2, -0.15) is 0 Å². The molecule has 2 aliphatic rings. The van der Waals surface area contributed by atoms with E-state index in [-0.39, 0.29) is 29.7 Å². The van der Waals surface area contributed by atoms with E-state index >= 15 is 0 Å². The highest BCUT2D eigenvalue weighted by molar-refractivity contribution is 5.85. The third-order valence-electron chi connectivity index (χ3n) is 5.92. The molecule has 0 saturated carbocycles. The predicted molar refractivity (Wildman–Crippen MR) is 105 cm³/mol. The molecule has 4 atom stereocenters. The molecule has 1 saturated heterocycles. The van der Waals surface area contributed by atoms with E-state index in [4.69, 9.17) is 14.2 Å². The Morgan fingerprint density at radius 3 is 1.71 bits per heavy atom. The summed E-state index contributed by atoms with van der Waals surface area (Å²) < 4.78 is 17.7. The fourth-order valence-electron chi connectivity index (χ4n) is 4.37. The van der Waals surface area contributed by atoms with Crippen molar-refractivity contribution in [1.82, 2.24) is 0 Å². The fraction of sp³-hybridized carbons (Fsp3) is 0.435. The minimum Gasteiger partial charge on any atom is -0.491 e. The van der Waals surface area contributed by atoms with Crippen molar-refractivity contribution in [3.8, 4) is 11.5 Å². The van der Waals surface area contributed by atoms with Crippen LogP contribution in [-0.4, -0.2) is 32.2 Å². The van der Waals surface area contributed by atoms with Crippen molar-refractivity contribution in [2.45, 2.75) is 25.9 Å². The van der Waals surface area contributed by atoms with Crippen molar-refractivity contribution in [2.24, 2.45) is 11.8 Å². The number of nitrogens with two attached hydrogens (primary N) is 1. The highest BCUT2D eigenvalue weighted by Crippen LogP contribution is 2.38. The lowest BCUT2D eigenvalue weighted by molar-refractivity contribution is -0.748. The Balaban J connectivity index is 1.78. The van der Waals surface area contributed by atoms with Crippen LogP contribution in [0.5, 0.6) is 11.5 Å². The fourth-order valence-corrected chi connectivity index (χ4v) is 4.37. The molecule has 0 spiro atoms. The number of rotatable bonds is 0. The van der Waals surface area contributed by atoms with Crippen LogP contribution in [0.15, 0.2) is 48.5 Å². The zero-order valence-corrected chi connectivity index (χ0v) is 16.5. The van der Waals surface area contributed by atoms with Crippen LogP contribution in [0, 0.1) is 11.8 Å². The van der Waals surface area contributed by atoms with Gasteiger partial charge in [-0.05, 0) is 38.1 Å². The molecule has 0 aromatic heterocycles. The molecule has 4 rings (SSSR count). The van der Waals surface area contributed by atoms with Gasteiger partial charge < -0.3 is 19.5 Å². The van der Waals surface area contributed by atoms with Crippen LogP contribution in [0.4, 0.5) is 0 Å². The lowest BCUT2D eigenvalue weighted by Gasteiger charge is -2.37. The Kier molecular flexibility index (Phi) is 5.64. The second kappa shape index (κ2) is 8.33. The van der Waals surface area contributed by atoms with Crippen molar-refractivity contribution < 1.29 is 24.3 Å². The summed E-state index contributed by atoms with van der Waals surface area (Å²) in [6.07, 6.45) is 0. The largest absolute Gasteiger partial charge is 0.491 e. The highest BCUT2D eigenvalue weighted by atomic mass is 16.5. The van der Waals surface area contributed by atoms with Gasteiger partial charge >= 0.3 is 0 Å². The van der Waals surface area contributed by atoms with Crippen molar-refractivity contribution in [2.75, 3.05) is 26.4 Å². The van der Waals surface area contributed by atoms with Gasteiger partial charge in [0.2, 0.25) is 0 Å². The van der Waals surface area contributed by atoms with E-state index in [1.165, 1.54) is 0 Å². The van der Waals surface area contributed by atoms with Crippen LogP contribution in [-0.2, 0) is 9.53 Å². The molecule has 5 heteroatoms. The van der Waals surface area contributed by atoms with Gasteiger partial charge in [-0.1, -0.05) is 24.3 Å². The van der Waals surface area contributed by atoms with E-state index in [2.05, 4.69) is 17.4 Å². The molecule has 2 bridgehead atoms. The molecule has 0 aliphatic carbocycles. The number of hydrogen-bond donors (Lipinski definition) is 1. The second-order valence-corrected chi connectivity index (χ2v) is 7.61. The molecular weight excluding hydrogens is 354 g/mol. The SMILES string of the molecule is C[C@@H]1C(=O)[C@H](C)[C@H]2[NH2+][C@@H]1c1ccccc1OCCOCCOc1ccccc12. The number of piperidine rings is 1. The maximum absolute atomic E-state index is 13.2. The van der Waals surface area contributed by atoms with Gasteiger partial charge in [-0.3, -0.25) is 4.79 Å². The number of quaternary nitrogens is 1. The molecule has 1 fully saturated rings. The van der Waals surface area contributed by atoms with Crippen molar-refractivity contribution in [1.29, 1.82) is 0 Å². The summed E-state index contributed by atoms with van der Waals surface area (Å²) in [7, 11) is 0. The topological polar surface area (TPSA) is 61.4 Å². The number of carbonyl (C=O) groups is 1. The lowest BCUT2D eigenvalue weighted by atomic mass is 9.76. The lowest BCUT2D eigenvalue weighted by Crippen LogP contribution is -2.91. The number of fused-ring (bicyclic) bond motifs is 6. The summed E-state index contributed by atoms with van der Waals surface area (Å²) >= 11 is 0. The number of hydrogen-bond acceptors (Lipinski definition) is 4. The van der Waals surface area contributed by atoms with Crippen LogP contribution in [0.25, 0.3) is 0 Å². The van der Waals surface area contributed by atoms with Crippen LogP contribution in [0.1, 0.15) is 37.1 Å². The first-order valence-corrected chi connectivity index (χ1v) is 10.1. The van der Waals surface area contributed by atoms with Gasteiger partial charge in [0, 0.05) is 0 Å². The highest BCUT2D eigenvalue weighted by Gasteiger charge is 2.45. The Morgan fingerprint density at radius 1 is 0.750 bits per heavy atom. The smallest absolute Gasteiger partial charge is 0.151 e. The van der Waals surface area contributed by atoms with Gasteiger partial charge in [-0.15, -0.1) is 0 Å². The Labute approximate surface area is 166 Å². The van der Waals surface area contributed by atoms with E-state index in [9.17, 15) is 4.79 Å². The normalized spacial score (nSPS) is 28.1. The quantitative estimate of drug-likeness (QED) is 0.761. The molecule has 5 nitrogen and oxygen atoms in total. The van der Waals surface area contributed by atoms with Crippen molar-refractivity contribution in [3.05, 3.63) is 59.7 Å². The van der Waals surface area contributed by atoms with E-state index in [1.807, 2.05) is 50.2 Å². The van der Waals surface area contributed by atoms with Gasteiger partial charge in [0.25, 0.3) is 0 Å². The molecular formula is C23H28NO4+. The van der Waals surface area contributed by atoms with Gasteiger partial charge in [-0.25, -0.2) is 0 Å². The Morgan fingerprint density at radius 2 is 1.21 bits per heavy atom. The summed E-state index contributed by atoms with van der Waals surface area (Å²) in [5, 5.41) is 2.32. The molecule has 2 aliphatic heterocycles. The first-order chi connectivity index (χ1) is 13.7. The van der Waals surface area contributed by atoms with Gasteiger partial charge in [0.15, 0.2) is 5.78 Å².